The van der Waals surface area contributed by atoms with E-state index in [2.05, 4.69) is 5.32 Å². The van der Waals surface area contributed by atoms with Crippen molar-refractivity contribution in [3.63, 3.8) is 0 Å². The number of carbonyl (C=O) groups excluding carboxylic acids is 4. The molecule has 9 nitrogen and oxygen atoms in total. The summed E-state index contributed by atoms with van der Waals surface area (Å²) < 4.78 is 0. The Bertz CT molecular complexity index is 1350. The zero-order chi connectivity index (χ0) is 27.9. The number of hydrogen-bond acceptors (Lipinski definition) is 5. The zero-order valence-electron chi connectivity index (χ0n) is 21.4. The van der Waals surface area contributed by atoms with Crippen molar-refractivity contribution >= 4 is 40.9 Å². The number of carbonyl (C=O) groups is 4. The highest BCUT2D eigenvalue weighted by atomic mass is 35.5. The molecular formula is C29H29ClN4O5. The predicted octanol–water partition coefficient (Wildman–Crippen LogP) is 2.72. The average Bonchev–Trinajstić information content (AvgIpc) is 2.94. The normalized spacial score (nSPS) is 14.1. The minimum Gasteiger partial charge on any atom is -0.507 e. The number of anilines is 1. The number of phenolic OH excluding ortho intramolecular Hbond substituents is 1. The maximum atomic E-state index is 13.4. The lowest BCUT2D eigenvalue weighted by atomic mass is 10.0. The second-order valence-corrected chi connectivity index (χ2v) is 9.68. The van der Waals surface area contributed by atoms with Crippen LogP contribution >= 0.6 is 11.6 Å². The molecule has 1 aliphatic heterocycles. The Morgan fingerprint density at radius 1 is 0.974 bits per heavy atom. The van der Waals surface area contributed by atoms with E-state index in [0.717, 1.165) is 5.56 Å². The lowest BCUT2D eigenvalue weighted by Crippen LogP contribution is -2.56. The number of nitrogens with one attached hydrogen (secondary N) is 1. The molecule has 1 fully saturated rings. The number of benzene rings is 3. The third-order valence-electron chi connectivity index (χ3n) is 6.54. The summed E-state index contributed by atoms with van der Waals surface area (Å²) in [4.78, 5) is 56.2. The number of nitrogens with zero attached hydrogens (tertiary/aromatic N) is 3. The number of piperazine rings is 1. The molecule has 0 bridgehead atoms. The molecule has 0 radical (unpaired) electrons. The maximum Gasteiger partial charge on any atom is 0.258 e. The fraction of sp³-hybridized carbons (Fsp3) is 0.241. The molecule has 4 amide bonds. The number of halogens is 1. The minimum atomic E-state index is -0.875. The summed E-state index contributed by atoms with van der Waals surface area (Å²) in [5.41, 5.74) is 1.61. The topological polar surface area (TPSA) is 110 Å². The lowest BCUT2D eigenvalue weighted by Gasteiger charge is -2.34. The van der Waals surface area contributed by atoms with Crippen molar-refractivity contribution in [2.24, 2.45) is 0 Å². The second kappa shape index (κ2) is 12.4. The van der Waals surface area contributed by atoms with E-state index in [1.807, 2.05) is 30.3 Å². The molecule has 1 heterocycles. The van der Waals surface area contributed by atoms with E-state index in [9.17, 15) is 24.3 Å². The number of aromatic hydroxyl groups is 1. The van der Waals surface area contributed by atoms with E-state index in [4.69, 9.17) is 11.6 Å². The molecular weight excluding hydrogens is 520 g/mol. The van der Waals surface area contributed by atoms with E-state index in [0.29, 0.717) is 10.7 Å². The molecule has 39 heavy (non-hydrogen) atoms. The summed E-state index contributed by atoms with van der Waals surface area (Å²) in [6, 6.07) is 21.4. The first-order valence-electron chi connectivity index (χ1n) is 12.4. The van der Waals surface area contributed by atoms with Gasteiger partial charge >= 0.3 is 0 Å². The van der Waals surface area contributed by atoms with E-state index < -0.39 is 23.8 Å². The van der Waals surface area contributed by atoms with Gasteiger partial charge in [0.25, 0.3) is 5.91 Å². The molecule has 0 spiro atoms. The molecule has 3 aromatic carbocycles. The number of hydrogen-bond donors (Lipinski definition) is 2. The zero-order valence-corrected chi connectivity index (χ0v) is 22.2. The van der Waals surface area contributed by atoms with Crippen LogP contribution < -0.4 is 10.2 Å². The van der Waals surface area contributed by atoms with Gasteiger partial charge in [0.15, 0.2) is 0 Å². The van der Waals surface area contributed by atoms with Gasteiger partial charge in [-0.1, -0.05) is 54.1 Å². The Morgan fingerprint density at radius 3 is 2.31 bits per heavy atom. The fourth-order valence-electron chi connectivity index (χ4n) is 4.36. The summed E-state index contributed by atoms with van der Waals surface area (Å²) in [5.74, 6) is -1.82. The first-order valence-corrected chi connectivity index (χ1v) is 12.8. The van der Waals surface area contributed by atoms with Gasteiger partial charge in [-0.3, -0.25) is 19.2 Å². The van der Waals surface area contributed by atoms with Gasteiger partial charge in [-0.05, 0) is 42.0 Å². The summed E-state index contributed by atoms with van der Waals surface area (Å²) >= 11 is 5.98. The van der Waals surface area contributed by atoms with Gasteiger partial charge in [0.1, 0.15) is 18.3 Å². The summed E-state index contributed by atoms with van der Waals surface area (Å²) in [6.07, 6.45) is 0.264. The molecule has 1 unspecified atom stereocenters. The highest BCUT2D eigenvalue weighted by Crippen LogP contribution is 2.20. The van der Waals surface area contributed by atoms with Gasteiger partial charge in [0, 0.05) is 37.3 Å². The van der Waals surface area contributed by atoms with Gasteiger partial charge in [0.2, 0.25) is 17.7 Å². The Morgan fingerprint density at radius 2 is 1.64 bits per heavy atom. The van der Waals surface area contributed by atoms with Crippen LogP contribution in [-0.2, 0) is 20.8 Å². The minimum absolute atomic E-state index is 0.114. The van der Waals surface area contributed by atoms with Crippen LogP contribution in [0.4, 0.5) is 5.69 Å². The maximum absolute atomic E-state index is 13.4. The van der Waals surface area contributed by atoms with Crippen LogP contribution in [0.15, 0.2) is 78.9 Å². The first-order chi connectivity index (χ1) is 18.7. The Labute approximate surface area is 231 Å². The summed E-state index contributed by atoms with van der Waals surface area (Å²) in [6.45, 7) is -0.113. The standard InChI is InChI=1S/C29H29ClN4O5/c1-32(22-13-11-21(30)12-14-22)29(39)24(17-20-7-3-2-4-8-20)31-26(36)18-33-15-16-34(19-27(33)37)28(38)23-9-5-6-10-25(23)35/h2-14,24,35H,15-19H2,1H3,(H,31,36). The van der Waals surface area contributed by atoms with E-state index in [-0.39, 0.29) is 49.8 Å². The Balaban J connectivity index is 1.41. The molecule has 4 rings (SSSR count). The van der Waals surface area contributed by atoms with Crippen molar-refractivity contribution in [2.75, 3.05) is 38.1 Å². The summed E-state index contributed by atoms with van der Waals surface area (Å²) in [7, 11) is 1.63. The quantitative estimate of drug-likeness (QED) is 0.450. The van der Waals surface area contributed by atoms with Crippen LogP contribution in [0.5, 0.6) is 5.75 Å². The van der Waals surface area contributed by atoms with Crippen molar-refractivity contribution in [2.45, 2.75) is 12.5 Å². The number of phenols is 1. The largest absolute Gasteiger partial charge is 0.507 e. The van der Waals surface area contributed by atoms with Gasteiger partial charge in [0.05, 0.1) is 12.1 Å². The smallest absolute Gasteiger partial charge is 0.258 e. The van der Waals surface area contributed by atoms with Crippen LogP contribution in [0.1, 0.15) is 15.9 Å². The monoisotopic (exact) mass is 548 g/mol. The van der Waals surface area contributed by atoms with Crippen molar-refractivity contribution in [3.8, 4) is 5.75 Å². The van der Waals surface area contributed by atoms with Gasteiger partial charge < -0.3 is 25.1 Å². The third-order valence-corrected chi connectivity index (χ3v) is 6.79. The number of likely N-dealkylation sites (N-methyl/N-ethyl adjacent to an activating group) is 1. The van der Waals surface area contributed by atoms with Crippen LogP contribution in [0.25, 0.3) is 0 Å². The van der Waals surface area contributed by atoms with Crippen LogP contribution in [0.3, 0.4) is 0 Å². The van der Waals surface area contributed by atoms with Crippen molar-refractivity contribution in [1.82, 2.24) is 15.1 Å². The average molecular weight is 549 g/mol. The van der Waals surface area contributed by atoms with E-state index in [1.54, 1.807) is 43.4 Å². The Hall–Kier alpha value is -4.37. The number of rotatable bonds is 8. The lowest BCUT2D eigenvalue weighted by molar-refractivity contribution is -0.139. The Kier molecular flexibility index (Phi) is 8.83. The number of amides is 4. The molecule has 202 valence electrons. The highest BCUT2D eigenvalue weighted by Gasteiger charge is 2.31. The molecule has 2 N–H and O–H groups in total. The van der Waals surface area contributed by atoms with Crippen molar-refractivity contribution in [1.29, 1.82) is 0 Å². The van der Waals surface area contributed by atoms with Gasteiger partial charge in [-0.2, -0.15) is 0 Å². The highest BCUT2D eigenvalue weighted by molar-refractivity contribution is 6.30. The van der Waals surface area contributed by atoms with Crippen LogP contribution in [-0.4, -0.2) is 77.8 Å². The first kappa shape index (κ1) is 27.7. The molecule has 1 atom stereocenters. The van der Waals surface area contributed by atoms with Crippen molar-refractivity contribution < 1.29 is 24.3 Å². The molecule has 1 saturated heterocycles. The van der Waals surface area contributed by atoms with Crippen LogP contribution in [0.2, 0.25) is 5.02 Å². The molecule has 0 aliphatic carbocycles. The molecule has 1 aliphatic rings. The SMILES string of the molecule is CN(C(=O)C(Cc1ccccc1)NC(=O)CN1CCN(C(=O)c2ccccc2O)CC1=O)c1ccc(Cl)cc1. The molecule has 0 aromatic heterocycles. The molecule has 0 saturated carbocycles. The van der Waals surface area contributed by atoms with Crippen molar-refractivity contribution in [3.05, 3.63) is 95.0 Å². The van der Waals surface area contributed by atoms with Gasteiger partial charge in [-0.15, -0.1) is 0 Å². The second-order valence-electron chi connectivity index (χ2n) is 9.24. The van der Waals surface area contributed by atoms with E-state index >= 15 is 0 Å². The summed E-state index contributed by atoms with van der Waals surface area (Å²) in [5, 5.41) is 13.3. The van der Waals surface area contributed by atoms with Crippen LogP contribution in [0, 0.1) is 0 Å². The van der Waals surface area contributed by atoms with Gasteiger partial charge in [-0.25, -0.2) is 0 Å². The predicted molar refractivity (Wildman–Crippen MR) is 148 cm³/mol. The number of para-hydroxylation sites is 1. The molecule has 3 aromatic rings. The molecule has 10 heteroatoms. The fourth-order valence-corrected chi connectivity index (χ4v) is 4.49. The van der Waals surface area contributed by atoms with E-state index in [1.165, 1.54) is 26.8 Å². The third kappa shape index (κ3) is 6.94.